The number of benzene rings is 2. The lowest BCUT2D eigenvalue weighted by Gasteiger charge is -2.00. The molecule has 0 aliphatic carbocycles. The third kappa shape index (κ3) is 2.20. The third-order valence-corrected chi connectivity index (χ3v) is 2.90. The van der Waals surface area contributed by atoms with Crippen molar-refractivity contribution in [3.05, 3.63) is 60.4 Å². The largest absolute Gasteiger partial charge is 0.507 e. The van der Waals surface area contributed by atoms with E-state index >= 15 is 0 Å². The number of phenolic OH excluding ortho intramolecular Hbond substituents is 1. The molecule has 0 saturated carbocycles. The fourth-order valence-corrected chi connectivity index (χ4v) is 1.95. The number of aromatic nitrogens is 2. The molecule has 1 aromatic heterocycles. The highest BCUT2D eigenvalue weighted by Crippen LogP contribution is 2.30. The molecule has 1 heterocycles. The Labute approximate surface area is 109 Å². The van der Waals surface area contributed by atoms with E-state index < -0.39 is 5.82 Å². The fraction of sp³-hybridized carbons (Fsp3) is 0. The summed E-state index contributed by atoms with van der Waals surface area (Å²) in [7, 11) is 0. The van der Waals surface area contributed by atoms with Crippen LogP contribution in [0.5, 0.6) is 5.75 Å². The molecule has 0 spiro atoms. The van der Waals surface area contributed by atoms with Crippen molar-refractivity contribution in [1.29, 1.82) is 0 Å². The summed E-state index contributed by atoms with van der Waals surface area (Å²) in [4.78, 5) is 0. The van der Waals surface area contributed by atoms with E-state index in [9.17, 15) is 9.50 Å². The first-order valence-corrected chi connectivity index (χ1v) is 5.84. The Morgan fingerprint density at radius 2 is 1.79 bits per heavy atom. The van der Waals surface area contributed by atoms with Crippen molar-refractivity contribution in [1.82, 2.24) is 10.2 Å². The van der Waals surface area contributed by atoms with Gasteiger partial charge in [0.2, 0.25) is 0 Å². The predicted octanol–water partition coefficient (Wildman–Crippen LogP) is 3.59. The quantitative estimate of drug-likeness (QED) is 0.734. The molecule has 19 heavy (non-hydrogen) atoms. The average Bonchev–Trinajstić information content (AvgIpc) is 2.89. The van der Waals surface area contributed by atoms with Crippen LogP contribution in [0.3, 0.4) is 0 Å². The van der Waals surface area contributed by atoms with Crippen molar-refractivity contribution in [3.8, 4) is 28.3 Å². The van der Waals surface area contributed by atoms with Gasteiger partial charge in [-0.05, 0) is 18.2 Å². The number of hydrogen-bond acceptors (Lipinski definition) is 2. The molecule has 3 nitrogen and oxygen atoms in total. The van der Waals surface area contributed by atoms with Crippen molar-refractivity contribution >= 4 is 0 Å². The van der Waals surface area contributed by atoms with Crippen LogP contribution >= 0.6 is 0 Å². The van der Waals surface area contributed by atoms with E-state index in [0.717, 1.165) is 17.3 Å². The van der Waals surface area contributed by atoms with Gasteiger partial charge in [0.25, 0.3) is 0 Å². The molecule has 3 aromatic rings. The van der Waals surface area contributed by atoms with Gasteiger partial charge >= 0.3 is 0 Å². The standard InChI is InChI=1S/C15H11FN2O/c16-11-6-7-12(15(19)8-11)14-9-13(17-18-14)10-4-2-1-3-5-10/h1-9,19H,(H,17,18). The van der Waals surface area contributed by atoms with Gasteiger partial charge in [-0.1, -0.05) is 30.3 Å². The van der Waals surface area contributed by atoms with Crippen molar-refractivity contribution < 1.29 is 9.50 Å². The number of rotatable bonds is 2. The molecule has 94 valence electrons. The van der Waals surface area contributed by atoms with Gasteiger partial charge in [0.15, 0.2) is 0 Å². The second-order valence-corrected chi connectivity index (χ2v) is 4.19. The van der Waals surface area contributed by atoms with Gasteiger partial charge in [-0.2, -0.15) is 5.10 Å². The first kappa shape index (κ1) is 11.5. The lowest BCUT2D eigenvalue weighted by molar-refractivity contribution is 0.471. The molecule has 0 aliphatic heterocycles. The van der Waals surface area contributed by atoms with Crippen LogP contribution in [0.25, 0.3) is 22.5 Å². The van der Waals surface area contributed by atoms with Gasteiger partial charge < -0.3 is 5.11 Å². The molecule has 0 unspecified atom stereocenters. The molecule has 0 fully saturated rings. The summed E-state index contributed by atoms with van der Waals surface area (Å²) in [5, 5.41) is 16.8. The summed E-state index contributed by atoms with van der Waals surface area (Å²) in [5.74, 6) is -0.577. The van der Waals surface area contributed by atoms with Gasteiger partial charge in [0.1, 0.15) is 11.6 Å². The minimum atomic E-state index is -0.468. The predicted molar refractivity (Wildman–Crippen MR) is 71.1 cm³/mol. The Kier molecular flexibility index (Phi) is 2.76. The van der Waals surface area contributed by atoms with Crippen LogP contribution in [0, 0.1) is 5.82 Å². The fourth-order valence-electron chi connectivity index (χ4n) is 1.95. The summed E-state index contributed by atoms with van der Waals surface area (Å²) in [6, 6.07) is 15.4. The molecule has 0 amide bonds. The van der Waals surface area contributed by atoms with Gasteiger partial charge in [0, 0.05) is 17.2 Å². The van der Waals surface area contributed by atoms with Crippen LogP contribution in [-0.2, 0) is 0 Å². The van der Waals surface area contributed by atoms with Crippen LogP contribution in [0.2, 0.25) is 0 Å². The molecule has 0 bridgehead atoms. The van der Waals surface area contributed by atoms with Crippen LogP contribution in [-0.4, -0.2) is 15.3 Å². The van der Waals surface area contributed by atoms with Crippen LogP contribution in [0.1, 0.15) is 0 Å². The first-order chi connectivity index (χ1) is 9.24. The SMILES string of the molecule is Oc1cc(F)ccc1-c1cc(-c2ccccc2)n[nH]1. The maximum atomic E-state index is 12.9. The van der Waals surface area contributed by atoms with Crippen molar-refractivity contribution in [2.75, 3.05) is 0 Å². The van der Waals surface area contributed by atoms with Crippen LogP contribution < -0.4 is 0 Å². The zero-order valence-corrected chi connectivity index (χ0v) is 9.97. The number of nitrogens with zero attached hydrogens (tertiary/aromatic N) is 1. The summed E-state index contributed by atoms with van der Waals surface area (Å²) in [5.41, 5.74) is 2.93. The molecule has 0 radical (unpaired) electrons. The number of nitrogens with one attached hydrogen (secondary N) is 1. The molecule has 4 heteroatoms. The topological polar surface area (TPSA) is 48.9 Å². The van der Waals surface area contributed by atoms with E-state index in [0.29, 0.717) is 11.3 Å². The van der Waals surface area contributed by atoms with E-state index in [-0.39, 0.29) is 5.75 Å². The first-order valence-electron chi connectivity index (χ1n) is 5.84. The molecule has 2 N–H and O–H groups in total. The summed E-state index contributed by atoms with van der Waals surface area (Å²) in [6.45, 7) is 0. The van der Waals surface area contributed by atoms with Crippen LogP contribution in [0.15, 0.2) is 54.6 Å². The maximum absolute atomic E-state index is 12.9. The Bertz CT molecular complexity index is 707. The summed E-state index contributed by atoms with van der Waals surface area (Å²) in [6.07, 6.45) is 0. The van der Waals surface area contributed by atoms with E-state index in [2.05, 4.69) is 10.2 Å². The Morgan fingerprint density at radius 3 is 2.53 bits per heavy atom. The Morgan fingerprint density at radius 1 is 1.00 bits per heavy atom. The molecule has 0 aliphatic rings. The number of H-pyrrole nitrogens is 1. The highest BCUT2D eigenvalue weighted by molar-refractivity contribution is 5.71. The minimum absolute atomic E-state index is 0.108. The van der Waals surface area contributed by atoms with Crippen molar-refractivity contribution in [3.63, 3.8) is 0 Å². The van der Waals surface area contributed by atoms with Gasteiger partial charge in [-0.15, -0.1) is 0 Å². The number of aromatic hydroxyl groups is 1. The third-order valence-electron chi connectivity index (χ3n) is 2.90. The molecule has 0 saturated heterocycles. The molecular weight excluding hydrogens is 243 g/mol. The van der Waals surface area contributed by atoms with Crippen molar-refractivity contribution in [2.24, 2.45) is 0 Å². The summed E-state index contributed by atoms with van der Waals surface area (Å²) >= 11 is 0. The Hall–Kier alpha value is -2.62. The highest BCUT2D eigenvalue weighted by atomic mass is 19.1. The maximum Gasteiger partial charge on any atom is 0.127 e. The second-order valence-electron chi connectivity index (χ2n) is 4.19. The number of phenols is 1. The van der Waals surface area contributed by atoms with Gasteiger partial charge in [-0.3, -0.25) is 5.10 Å². The normalized spacial score (nSPS) is 10.6. The molecule has 2 aromatic carbocycles. The molecule has 0 atom stereocenters. The van der Waals surface area contributed by atoms with Crippen molar-refractivity contribution in [2.45, 2.75) is 0 Å². The zero-order valence-electron chi connectivity index (χ0n) is 9.97. The monoisotopic (exact) mass is 254 g/mol. The van der Waals surface area contributed by atoms with E-state index in [1.165, 1.54) is 12.1 Å². The lowest BCUT2D eigenvalue weighted by atomic mass is 10.1. The number of aromatic amines is 1. The average molecular weight is 254 g/mol. The molecular formula is C15H11FN2O. The number of halogens is 1. The molecule has 3 rings (SSSR count). The number of hydrogen-bond donors (Lipinski definition) is 2. The van der Waals surface area contributed by atoms with Crippen LogP contribution in [0.4, 0.5) is 4.39 Å². The second kappa shape index (κ2) is 4.57. The summed E-state index contributed by atoms with van der Waals surface area (Å²) < 4.78 is 12.9. The van der Waals surface area contributed by atoms with Gasteiger partial charge in [-0.25, -0.2) is 4.39 Å². The minimum Gasteiger partial charge on any atom is -0.507 e. The smallest absolute Gasteiger partial charge is 0.127 e. The van der Waals surface area contributed by atoms with Gasteiger partial charge in [0.05, 0.1) is 11.4 Å². The van der Waals surface area contributed by atoms with E-state index in [1.54, 1.807) is 0 Å². The highest BCUT2D eigenvalue weighted by Gasteiger charge is 2.09. The lowest BCUT2D eigenvalue weighted by Crippen LogP contribution is -1.81. The van der Waals surface area contributed by atoms with E-state index in [4.69, 9.17) is 0 Å². The Balaban J connectivity index is 2.02. The zero-order chi connectivity index (χ0) is 13.2. The van der Waals surface area contributed by atoms with E-state index in [1.807, 2.05) is 36.4 Å².